The third-order valence-electron chi connectivity index (χ3n) is 4.28. The van der Waals surface area contributed by atoms with Gasteiger partial charge in [0.05, 0.1) is 12.6 Å². The molecule has 25 heavy (non-hydrogen) atoms. The lowest BCUT2D eigenvalue weighted by Gasteiger charge is -2.24. The van der Waals surface area contributed by atoms with Gasteiger partial charge in [-0.25, -0.2) is 0 Å². The molecule has 2 aromatic heterocycles. The molecular weight excluding hydrogens is 316 g/mol. The summed E-state index contributed by atoms with van der Waals surface area (Å²) in [7, 11) is 1.75. The number of hydrogen-bond donors (Lipinski definition) is 0. The topological polar surface area (TPSA) is 55.5 Å². The minimum absolute atomic E-state index is 0.0704. The molecule has 0 aliphatic rings. The Labute approximate surface area is 146 Å². The van der Waals surface area contributed by atoms with Crippen molar-refractivity contribution in [2.75, 3.05) is 7.05 Å². The van der Waals surface area contributed by atoms with Crippen LogP contribution in [0.25, 0.3) is 0 Å². The molecule has 1 unspecified atom stereocenters. The van der Waals surface area contributed by atoms with Gasteiger partial charge in [-0.05, 0) is 30.7 Å². The SMILES string of the molecule is CC(c1ccccc1)N(C)C(=O)c1ccc(Cn2ccccc2=O)o1. The van der Waals surface area contributed by atoms with Gasteiger partial charge in [0, 0.05) is 19.3 Å². The van der Waals surface area contributed by atoms with Crippen molar-refractivity contribution < 1.29 is 9.21 Å². The molecule has 5 nitrogen and oxygen atoms in total. The van der Waals surface area contributed by atoms with Gasteiger partial charge in [0.25, 0.3) is 11.5 Å². The quantitative estimate of drug-likeness (QED) is 0.718. The molecule has 3 rings (SSSR count). The highest BCUT2D eigenvalue weighted by atomic mass is 16.4. The maximum atomic E-state index is 12.7. The summed E-state index contributed by atoms with van der Waals surface area (Å²) in [6, 6.07) is 18.1. The summed E-state index contributed by atoms with van der Waals surface area (Å²) in [5.74, 6) is 0.643. The number of hydrogen-bond acceptors (Lipinski definition) is 3. The van der Waals surface area contributed by atoms with E-state index in [4.69, 9.17) is 4.42 Å². The maximum Gasteiger partial charge on any atom is 0.289 e. The Morgan fingerprint density at radius 2 is 1.80 bits per heavy atom. The van der Waals surface area contributed by atoms with Gasteiger partial charge in [-0.2, -0.15) is 0 Å². The largest absolute Gasteiger partial charge is 0.454 e. The molecule has 1 aromatic carbocycles. The Morgan fingerprint density at radius 1 is 1.08 bits per heavy atom. The van der Waals surface area contributed by atoms with Crippen molar-refractivity contribution in [3.05, 3.63) is 94.3 Å². The summed E-state index contributed by atoms with van der Waals surface area (Å²) in [5.41, 5.74) is 0.947. The van der Waals surface area contributed by atoms with Crippen molar-refractivity contribution in [3.63, 3.8) is 0 Å². The minimum Gasteiger partial charge on any atom is -0.454 e. The molecule has 2 heterocycles. The second-order valence-corrected chi connectivity index (χ2v) is 5.94. The molecule has 0 saturated carbocycles. The van der Waals surface area contributed by atoms with Gasteiger partial charge in [-0.15, -0.1) is 0 Å². The lowest BCUT2D eigenvalue weighted by Crippen LogP contribution is -2.29. The van der Waals surface area contributed by atoms with E-state index in [1.165, 1.54) is 10.6 Å². The first-order chi connectivity index (χ1) is 12.1. The zero-order valence-corrected chi connectivity index (χ0v) is 14.3. The number of aromatic nitrogens is 1. The Balaban J connectivity index is 1.74. The molecule has 128 valence electrons. The Bertz CT molecular complexity index is 912. The van der Waals surface area contributed by atoms with Crippen molar-refractivity contribution in [3.8, 4) is 0 Å². The van der Waals surface area contributed by atoms with E-state index in [-0.39, 0.29) is 23.3 Å². The monoisotopic (exact) mass is 336 g/mol. The molecule has 0 spiro atoms. The molecule has 0 fully saturated rings. The number of furan rings is 1. The Morgan fingerprint density at radius 3 is 2.52 bits per heavy atom. The van der Waals surface area contributed by atoms with Gasteiger partial charge in [0.2, 0.25) is 0 Å². The minimum atomic E-state index is -0.192. The third-order valence-corrected chi connectivity index (χ3v) is 4.28. The molecule has 3 aromatic rings. The van der Waals surface area contributed by atoms with Gasteiger partial charge in [-0.3, -0.25) is 9.59 Å². The zero-order chi connectivity index (χ0) is 17.8. The summed E-state index contributed by atoms with van der Waals surface area (Å²) >= 11 is 0. The Kier molecular flexibility index (Phi) is 4.84. The molecule has 0 aliphatic carbocycles. The molecule has 0 saturated heterocycles. The average Bonchev–Trinajstić information content (AvgIpc) is 3.11. The lowest BCUT2D eigenvalue weighted by atomic mass is 10.1. The lowest BCUT2D eigenvalue weighted by molar-refractivity contribution is 0.0708. The third kappa shape index (κ3) is 3.71. The van der Waals surface area contributed by atoms with Crippen LogP contribution in [0.1, 0.15) is 34.8 Å². The molecular formula is C20H20N2O3. The van der Waals surface area contributed by atoms with Crippen LogP contribution in [0, 0.1) is 0 Å². The van der Waals surface area contributed by atoms with Crippen LogP contribution in [-0.2, 0) is 6.54 Å². The van der Waals surface area contributed by atoms with Crippen LogP contribution in [-0.4, -0.2) is 22.4 Å². The van der Waals surface area contributed by atoms with Crippen molar-refractivity contribution in [1.82, 2.24) is 9.47 Å². The van der Waals surface area contributed by atoms with Crippen LogP contribution in [0.2, 0.25) is 0 Å². The van der Waals surface area contributed by atoms with Crippen LogP contribution in [0.5, 0.6) is 0 Å². The second kappa shape index (κ2) is 7.21. The van der Waals surface area contributed by atoms with E-state index in [0.717, 1.165) is 5.56 Å². The normalized spacial score (nSPS) is 11.9. The van der Waals surface area contributed by atoms with Crippen LogP contribution in [0.3, 0.4) is 0 Å². The maximum absolute atomic E-state index is 12.7. The van der Waals surface area contributed by atoms with E-state index in [9.17, 15) is 9.59 Å². The highest BCUT2D eigenvalue weighted by molar-refractivity contribution is 5.91. The van der Waals surface area contributed by atoms with E-state index >= 15 is 0 Å². The van der Waals surface area contributed by atoms with Gasteiger partial charge < -0.3 is 13.9 Å². The molecule has 0 N–H and O–H groups in total. The van der Waals surface area contributed by atoms with E-state index in [1.807, 2.05) is 37.3 Å². The molecule has 1 atom stereocenters. The average molecular weight is 336 g/mol. The number of benzene rings is 1. The van der Waals surface area contributed by atoms with Crippen LogP contribution >= 0.6 is 0 Å². The molecule has 0 bridgehead atoms. The number of rotatable bonds is 5. The van der Waals surface area contributed by atoms with E-state index in [1.54, 1.807) is 42.4 Å². The first-order valence-electron chi connectivity index (χ1n) is 8.12. The van der Waals surface area contributed by atoms with Crippen LogP contribution < -0.4 is 5.56 Å². The number of carbonyl (C=O) groups is 1. The highest BCUT2D eigenvalue weighted by Crippen LogP contribution is 2.21. The molecule has 1 amide bonds. The fraction of sp³-hybridized carbons (Fsp3) is 0.200. The summed E-state index contributed by atoms with van der Waals surface area (Å²) in [4.78, 5) is 26.1. The van der Waals surface area contributed by atoms with E-state index < -0.39 is 0 Å². The number of carbonyl (C=O) groups excluding carboxylic acids is 1. The van der Waals surface area contributed by atoms with Gasteiger partial charge in [-0.1, -0.05) is 36.4 Å². The van der Waals surface area contributed by atoms with Crippen molar-refractivity contribution in [2.45, 2.75) is 19.5 Å². The number of pyridine rings is 1. The van der Waals surface area contributed by atoms with Gasteiger partial charge >= 0.3 is 0 Å². The first-order valence-corrected chi connectivity index (χ1v) is 8.12. The zero-order valence-electron chi connectivity index (χ0n) is 14.3. The summed E-state index contributed by atoms with van der Waals surface area (Å²) < 4.78 is 7.19. The number of nitrogens with zero attached hydrogens (tertiary/aromatic N) is 2. The molecule has 0 aliphatic heterocycles. The second-order valence-electron chi connectivity index (χ2n) is 5.94. The standard InChI is InChI=1S/C20H20N2O3/c1-15(16-8-4-3-5-9-16)21(2)20(24)18-12-11-17(25-18)14-22-13-7-6-10-19(22)23/h3-13,15H,14H2,1-2H3. The summed E-state index contributed by atoms with van der Waals surface area (Å²) in [6.07, 6.45) is 1.69. The van der Waals surface area contributed by atoms with Crippen molar-refractivity contribution in [1.29, 1.82) is 0 Å². The van der Waals surface area contributed by atoms with E-state index in [0.29, 0.717) is 12.3 Å². The van der Waals surface area contributed by atoms with E-state index in [2.05, 4.69) is 0 Å². The predicted molar refractivity (Wildman–Crippen MR) is 95.5 cm³/mol. The Hall–Kier alpha value is -3.08. The van der Waals surface area contributed by atoms with Gasteiger partial charge in [0.15, 0.2) is 5.76 Å². The fourth-order valence-corrected chi connectivity index (χ4v) is 2.64. The van der Waals surface area contributed by atoms with Crippen LogP contribution in [0.15, 0.2) is 76.1 Å². The smallest absolute Gasteiger partial charge is 0.289 e. The number of amides is 1. The first kappa shape index (κ1) is 16.8. The summed E-state index contributed by atoms with van der Waals surface area (Å²) in [6.45, 7) is 2.27. The molecule has 0 radical (unpaired) electrons. The van der Waals surface area contributed by atoms with Crippen molar-refractivity contribution >= 4 is 5.91 Å². The van der Waals surface area contributed by atoms with Crippen molar-refractivity contribution in [2.24, 2.45) is 0 Å². The fourth-order valence-electron chi connectivity index (χ4n) is 2.64. The summed E-state index contributed by atoms with van der Waals surface area (Å²) in [5, 5.41) is 0. The highest BCUT2D eigenvalue weighted by Gasteiger charge is 2.21. The van der Waals surface area contributed by atoms with Crippen LogP contribution in [0.4, 0.5) is 0 Å². The molecule has 5 heteroatoms. The predicted octanol–water partition coefficient (Wildman–Crippen LogP) is 3.32. The van der Waals surface area contributed by atoms with Gasteiger partial charge in [0.1, 0.15) is 5.76 Å².